The smallest absolute Gasteiger partial charge is 0.325 e. The minimum atomic E-state index is -0.555. The average molecular weight is 465 g/mol. The zero-order valence-corrected chi connectivity index (χ0v) is 18.5. The number of aryl methyl sites for hydroxylation is 1. The highest BCUT2D eigenvalue weighted by Gasteiger charge is 2.40. The molecule has 1 amide bonds. The molecule has 1 saturated heterocycles. The zero-order valence-electron chi connectivity index (χ0n) is 16.2. The van der Waals surface area contributed by atoms with E-state index in [2.05, 4.69) is 0 Å². The van der Waals surface area contributed by atoms with Gasteiger partial charge in [-0.05, 0) is 60.1 Å². The number of anilines is 1. The Labute approximate surface area is 189 Å². The van der Waals surface area contributed by atoms with Crippen molar-refractivity contribution < 1.29 is 19.4 Å². The first-order valence-electron chi connectivity index (χ1n) is 8.98. The standard InChI is InChI=1S/C21H18Cl2N2O4S/c1-3-12-4-6-14(7-5-12)25-20(28)17(24(21(25)30)11-18(26)29-2)10-13-8-15(22)19(27)16(23)9-13/h4-10,27H,3,11H2,1-2H3/b17-10-. The van der Waals surface area contributed by atoms with Crippen LogP contribution >= 0.6 is 35.4 Å². The van der Waals surface area contributed by atoms with Gasteiger partial charge in [0.05, 0.1) is 22.8 Å². The van der Waals surface area contributed by atoms with E-state index in [0.29, 0.717) is 11.3 Å². The molecule has 1 heterocycles. The first-order chi connectivity index (χ1) is 14.3. The van der Waals surface area contributed by atoms with Gasteiger partial charge in [0.1, 0.15) is 12.2 Å². The number of phenolic OH excluding ortho intramolecular Hbond substituents is 1. The quantitative estimate of drug-likeness (QED) is 0.401. The number of thiocarbonyl (C=S) groups is 1. The number of aromatic hydroxyl groups is 1. The predicted molar refractivity (Wildman–Crippen MR) is 121 cm³/mol. The molecule has 0 bridgehead atoms. The molecule has 9 heteroatoms. The topological polar surface area (TPSA) is 70.1 Å². The summed E-state index contributed by atoms with van der Waals surface area (Å²) in [5.41, 5.74) is 2.32. The van der Waals surface area contributed by atoms with Crippen LogP contribution in [0.3, 0.4) is 0 Å². The molecule has 0 spiro atoms. The Hall–Kier alpha value is -2.61. The monoisotopic (exact) mass is 464 g/mol. The molecule has 0 radical (unpaired) electrons. The molecule has 1 N–H and O–H groups in total. The number of esters is 1. The van der Waals surface area contributed by atoms with Crippen molar-refractivity contribution in [3.8, 4) is 5.75 Å². The number of carbonyl (C=O) groups excluding carboxylic acids is 2. The lowest BCUT2D eigenvalue weighted by atomic mass is 10.1. The van der Waals surface area contributed by atoms with E-state index >= 15 is 0 Å². The Balaban J connectivity index is 2.07. The highest BCUT2D eigenvalue weighted by molar-refractivity contribution is 7.80. The Morgan fingerprint density at radius 3 is 2.33 bits per heavy atom. The van der Waals surface area contributed by atoms with Gasteiger partial charge in [-0.15, -0.1) is 0 Å². The number of methoxy groups -OCH3 is 1. The molecule has 0 aromatic heterocycles. The molecule has 156 valence electrons. The number of carbonyl (C=O) groups is 2. The third kappa shape index (κ3) is 4.28. The van der Waals surface area contributed by atoms with E-state index in [9.17, 15) is 14.7 Å². The summed E-state index contributed by atoms with van der Waals surface area (Å²) in [6, 6.07) is 10.4. The van der Waals surface area contributed by atoms with Gasteiger partial charge in [0, 0.05) is 0 Å². The molecule has 1 fully saturated rings. The van der Waals surface area contributed by atoms with Gasteiger partial charge in [0.2, 0.25) is 0 Å². The summed E-state index contributed by atoms with van der Waals surface area (Å²) in [6.45, 7) is 1.80. The molecular formula is C21H18Cl2N2O4S. The summed E-state index contributed by atoms with van der Waals surface area (Å²) in [6.07, 6.45) is 2.37. The van der Waals surface area contributed by atoms with Crippen LogP contribution in [0.15, 0.2) is 42.1 Å². The molecule has 0 unspecified atom stereocenters. The molecule has 1 aliphatic rings. The van der Waals surface area contributed by atoms with Gasteiger partial charge in [-0.2, -0.15) is 0 Å². The molecule has 30 heavy (non-hydrogen) atoms. The maximum Gasteiger partial charge on any atom is 0.325 e. The Morgan fingerprint density at radius 1 is 1.20 bits per heavy atom. The largest absolute Gasteiger partial charge is 0.505 e. The van der Waals surface area contributed by atoms with Crippen molar-refractivity contribution in [1.29, 1.82) is 0 Å². The van der Waals surface area contributed by atoms with Crippen LogP contribution in [0.4, 0.5) is 5.69 Å². The minimum absolute atomic E-state index is 0.0360. The Kier molecular flexibility index (Phi) is 6.65. The maximum atomic E-state index is 13.3. The predicted octanol–water partition coefficient (Wildman–Crippen LogP) is 4.41. The van der Waals surface area contributed by atoms with Crippen molar-refractivity contribution in [1.82, 2.24) is 4.90 Å². The second-order valence-corrected chi connectivity index (χ2v) is 7.65. The lowest BCUT2D eigenvalue weighted by molar-refractivity contribution is -0.140. The number of ether oxygens (including phenoxy) is 1. The summed E-state index contributed by atoms with van der Waals surface area (Å²) in [5, 5.41) is 9.99. The molecular weight excluding hydrogens is 447 g/mol. The Morgan fingerprint density at radius 2 is 1.80 bits per heavy atom. The van der Waals surface area contributed by atoms with E-state index in [1.807, 2.05) is 19.1 Å². The van der Waals surface area contributed by atoms with Crippen LogP contribution < -0.4 is 4.90 Å². The number of hydrogen-bond donors (Lipinski definition) is 1. The maximum absolute atomic E-state index is 13.3. The number of hydrogen-bond acceptors (Lipinski definition) is 5. The average Bonchev–Trinajstić information content (AvgIpc) is 2.95. The van der Waals surface area contributed by atoms with E-state index in [1.54, 1.807) is 12.1 Å². The van der Waals surface area contributed by atoms with Crippen molar-refractivity contribution >= 4 is 64.2 Å². The number of phenols is 1. The summed E-state index contributed by atoms with van der Waals surface area (Å²) in [4.78, 5) is 27.9. The van der Waals surface area contributed by atoms with E-state index in [4.69, 9.17) is 40.2 Å². The fraction of sp³-hybridized carbons (Fsp3) is 0.190. The van der Waals surface area contributed by atoms with Gasteiger partial charge >= 0.3 is 5.97 Å². The first kappa shape index (κ1) is 22.1. The van der Waals surface area contributed by atoms with Crippen LogP contribution in [0.2, 0.25) is 10.0 Å². The van der Waals surface area contributed by atoms with Crippen LogP contribution in [-0.4, -0.2) is 40.6 Å². The van der Waals surface area contributed by atoms with Gasteiger partial charge in [-0.25, -0.2) is 0 Å². The molecule has 2 aromatic carbocycles. The van der Waals surface area contributed by atoms with Crippen molar-refractivity contribution in [2.75, 3.05) is 18.6 Å². The summed E-state index contributed by atoms with van der Waals surface area (Å²) < 4.78 is 4.75. The van der Waals surface area contributed by atoms with Gasteiger partial charge in [0.25, 0.3) is 5.91 Å². The number of nitrogens with zero attached hydrogens (tertiary/aromatic N) is 2. The van der Waals surface area contributed by atoms with E-state index in [0.717, 1.165) is 12.0 Å². The second kappa shape index (κ2) is 9.04. The van der Waals surface area contributed by atoms with Gasteiger partial charge in [-0.1, -0.05) is 42.3 Å². The van der Waals surface area contributed by atoms with Crippen molar-refractivity contribution in [3.63, 3.8) is 0 Å². The molecule has 0 aliphatic carbocycles. The lowest BCUT2D eigenvalue weighted by Gasteiger charge is -2.19. The van der Waals surface area contributed by atoms with Crippen molar-refractivity contribution in [3.05, 3.63) is 63.3 Å². The lowest BCUT2D eigenvalue weighted by Crippen LogP contribution is -2.35. The van der Waals surface area contributed by atoms with Crippen LogP contribution in [-0.2, 0) is 20.7 Å². The minimum Gasteiger partial charge on any atom is -0.505 e. The normalized spacial score (nSPS) is 15.3. The molecule has 1 aliphatic heterocycles. The summed E-state index contributed by atoms with van der Waals surface area (Å²) >= 11 is 17.5. The number of amides is 1. The Bertz CT molecular complexity index is 1030. The number of benzene rings is 2. The fourth-order valence-electron chi connectivity index (χ4n) is 2.96. The summed E-state index contributed by atoms with van der Waals surface area (Å²) in [7, 11) is 1.26. The molecule has 0 atom stereocenters. The van der Waals surface area contributed by atoms with Crippen molar-refractivity contribution in [2.24, 2.45) is 0 Å². The summed E-state index contributed by atoms with van der Waals surface area (Å²) in [5.74, 6) is -1.22. The van der Waals surface area contributed by atoms with Crippen LogP contribution in [0.5, 0.6) is 5.75 Å². The number of halogens is 2. The molecule has 2 aromatic rings. The van der Waals surface area contributed by atoms with Crippen LogP contribution in [0.25, 0.3) is 6.08 Å². The SMILES string of the molecule is CCc1ccc(N2C(=O)/C(=C/c3cc(Cl)c(O)c(Cl)c3)N(CC(=O)OC)C2=S)cc1. The van der Waals surface area contributed by atoms with Crippen LogP contribution in [0.1, 0.15) is 18.1 Å². The van der Waals surface area contributed by atoms with E-state index < -0.39 is 11.9 Å². The van der Waals surface area contributed by atoms with Gasteiger partial charge in [-0.3, -0.25) is 14.5 Å². The van der Waals surface area contributed by atoms with Gasteiger partial charge < -0.3 is 14.7 Å². The van der Waals surface area contributed by atoms with Crippen LogP contribution in [0, 0.1) is 0 Å². The first-order valence-corrected chi connectivity index (χ1v) is 10.1. The molecule has 3 rings (SSSR count). The van der Waals surface area contributed by atoms with Crippen molar-refractivity contribution in [2.45, 2.75) is 13.3 Å². The van der Waals surface area contributed by atoms with E-state index in [-0.39, 0.29) is 33.1 Å². The fourth-order valence-corrected chi connectivity index (χ4v) is 3.82. The second-order valence-electron chi connectivity index (χ2n) is 6.47. The highest BCUT2D eigenvalue weighted by Crippen LogP contribution is 2.35. The zero-order chi connectivity index (χ0) is 22.0. The molecule has 0 saturated carbocycles. The molecule has 6 nitrogen and oxygen atoms in total. The van der Waals surface area contributed by atoms with E-state index in [1.165, 1.54) is 35.1 Å². The number of rotatable bonds is 5. The third-order valence-electron chi connectivity index (χ3n) is 4.60. The highest BCUT2D eigenvalue weighted by atomic mass is 35.5. The van der Waals surface area contributed by atoms with Gasteiger partial charge in [0.15, 0.2) is 10.9 Å². The third-order valence-corrected chi connectivity index (χ3v) is 5.57.